The Balaban J connectivity index is 2.44. The zero-order valence-corrected chi connectivity index (χ0v) is 9.63. The number of rotatable bonds is 5. The first kappa shape index (κ1) is 11.8. The zero-order chi connectivity index (χ0) is 11.3. The van der Waals surface area contributed by atoms with Gasteiger partial charge in [0, 0.05) is 19.3 Å². The summed E-state index contributed by atoms with van der Waals surface area (Å²) in [6, 6.07) is 3.80. The number of carbonyl (C=O) groups excluding carboxylic acids is 1. The van der Waals surface area contributed by atoms with Crippen LogP contribution in [0.3, 0.4) is 0 Å². The maximum atomic E-state index is 11.7. The zero-order valence-electron chi connectivity index (χ0n) is 9.63. The molecule has 0 aliphatic heterocycles. The number of aromatic nitrogens is 1. The fourth-order valence-electron chi connectivity index (χ4n) is 1.40. The molecule has 1 aromatic rings. The van der Waals surface area contributed by atoms with Crippen LogP contribution >= 0.6 is 0 Å². The molecule has 0 atom stereocenters. The Kier molecular flexibility index (Phi) is 4.37. The molecule has 0 aliphatic carbocycles. The molecule has 84 valence electrons. The van der Waals surface area contributed by atoms with E-state index in [0.29, 0.717) is 6.54 Å². The van der Waals surface area contributed by atoms with E-state index in [4.69, 9.17) is 0 Å². The highest BCUT2D eigenvalue weighted by molar-refractivity contribution is 5.92. The minimum atomic E-state index is 0.00158. The number of hydrogen-bond donors (Lipinski definition) is 2. The van der Waals surface area contributed by atoms with Crippen molar-refractivity contribution in [3.8, 4) is 0 Å². The van der Waals surface area contributed by atoms with E-state index in [9.17, 15) is 4.79 Å². The van der Waals surface area contributed by atoms with Crippen molar-refractivity contribution in [3.63, 3.8) is 0 Å². The minimum Gasteiger partial charge on any atom is -0.351 e. The van der Waals surface area contributed by atoms with Crippen LogP contribution in [0.15, 0.2) is 12.1 Å². The van der Waals surface area contributed by atoms with Crippen LogP contribution in [-0.4, -0.2) is 30.6 Å². The first-order valence-corrected chi connectivity index (χ1v) is 5.22. The van der Waals surface area contributed by atoms with Crippen molar-refractivity contribution in [2.75, 3.05) is 20.1 Å². The number of carbonyl (C=O) groups is 1. The van der Waals surface area contributed by atoms with Crippen molar-refractivity contribution >= 4 is 5.91 Å². The Morgan fingerprint density at radius 2 is 2.13 bits per heavy atom. The van der Waals surface area contributed by atoms with Gasteiger partial charge in [0.05, 0.1) is 0 Å². The van der Waals surface area contributed by atoms with E-state index in [1.165, 1.54) is 0 Å². The lowest BCUT2D eigenvalue weighted by Gasteiger charge is -2.06. The second kappa shape index (κ2) is 5.56. The second-order valence-corrected chi connectivity index (χ2v) is 3.63. The number of amides is 1. The van der Waals surface area contributed by atoms with Gasteiger partial charge in [-0.2, -0.15) is 0 Å². The third kappa shape index (κ3) is 3.09. The first-order chi connectivity index (χ1) is 7.16. The lowest BCUT2D eigenvalue weighted by atomic mass is 10.3. The summed E-state index contributed by atoms with van der Waals surface area (Å²) in [4.78, 5) is 11.7. The van der Waals surface area contributed by atoms with Gasteiger partial charge in [-0.25, -0.2) is 0 Å². The van der Waals surface area contributed by atoms with E-state index in [-0.39, 0.29) is 5.91 Å². The lowest BCUT2D eigenvalue weighted by molar-refractivity contribution is 0.0945. The van der Waals surface area contributed by atoms with Gasteiger partial charge < -0.3 is 15.2 Å². The smallest absolute Gasteiger partial charge is 0.267 e. The molecular formula is C11H19N3O. The summed E-state index contributed by atoms with van der Waals surface area (Å²) >= 11 is 0. The Morgan fingerprint density at radius 1 is 1.40 bits per heavy atom. The van der Waals surface area contributed by atoms with Crippen molar-refractivity contribution in [3.05, 3.63) is 23.5 Å². The molecule has 1 rings (SSSR count). The molecule has 0 saturated heterocycles. The molecule has 0 radical (unpaired) electrons. The Morgan fingerprint density at radius 3 is 2.67 bits per heavy atom. The third-order valence-corrected chi connectivity index (χ3v) is 2.49. The quantitative estimate of drug-likeness (QED) is 0.700. The third-order valence-electron chi connectivity index (χ3n) is 2.49. The average molecular weight is 209 g/mol. The lowest BCUT2D eigenvalue weighted by Crippen LogP contribution is -2.28. The molecule has 0 unspecified atom stereocenters. The maximum Gasteiger partial charge on any atom is 0.267 e. The largest absolute Gasteiger partial charge is 0.351 e. The molecule has 0 aromatic carbocycles. The average Bonchev–Trinajstić information content (AvgIpc) is 2.55. The molecule has 0 saturated carbocycles. The molecule has 1 heterocycles. The molecule has 2 N–H and O–H groups in total. The molecule has 1 amide bonds. The van der Waals surface area contributed by atoms with Crippen LogP contribution in [0.4, 0.5) is 0 Å². The van der Waals surface area contributed by atoms with Gasteiger partial charge in [0.2, 0.25) is 0 Å². The van der Waals surface area contributed by atoms with Crippen LogP contribution in [0.2, 0.25) is 0 Å². The Bertz CT molecular complexity index is 331. The van der Waals surface area contributed by atoms with Gasteiger partial charge in [-0.05, 0) is 39.1 Å². The van der Waals surface area contributed by atoms with E-state index in [2.05, 4.69) is 10.6 Å². The van der Waals surface area contributed by atoms with Crippen molar-refractivity contribution < 1.29 is 4.79 Å². The maximum absolute atomic E-state index is 11.7. The standard InChI is InChI=1S/C11H19N3O/c1-9-5-6-10(14(9)3)11(15)13-8-4-7-12-2/h5-6,12H,4,7-8H2,1-3H3,(H,13,15). The summed E-state index contributed by atoms with van der Waals surface area (Å²) in [6.07, 6.45) is 0.950. The van der Waals surface area contributed by atoms with Crippen LogP contribution < -0.4 is 10.6 Å². The molecule has 4 heteroatoms. The monoisotopic (exact) mass is 209 g/mol. The summed E-state index contributed by atoms with van der Waals surface area (Å²) in [5.41, 5.74) is 1.81. The summed E-state index contributed by atoms with van der Waals surface area (Å²) in [7, 11) is 3.81. The molecule has 0 spiro atoms. The summed E-state index contributed by atoms with van der Waals surface area (Å²) in [5, 5.41) is 5.93. The van der Waals surface area contributed by atoms with Gasteiger partial charge in [-0.1, -0.05) is 0 Å². The topological polar surface area (TPSA) is 46.1 Å². The van der Waals surface area contributed by atoms with Gasteiger partial charge in [0.15, 0.2) is 0 Å². The van der Waals surface area contributed by atoms with Crippen molar-refractivity contribution in [1.29, 1.82) is 0 Å². The van der Waals surface area contributed by atoms with Gasteiger partial charge in [0.25, 0.3) is 5.91 Å². The van der Waals surface area contributed by atoms with E-state index >= 15 is 0 Å². The van der Waals surface area contributed by atoms with E-state index in [1.807, 2.05) is 37.7 Å². The molecule has 15 heavy (non-hydrogen) atoms. The number of hydrogen-bond acceptors (Lipinski definition) is 2. The van der Waals surface area contributed by atoms with Crippen LogP contribution in [0.5, 0.6) is 0 Å². The van der Waals surface area contributed by atoms with E-state index in [0.717, 1.165) is 24.4 Å². The van der Waals surface area contributed by atoms with Crippen LogP contribution in [0.25, 0.3) is 0 Å². The second-order valence-electron chi connectivity index (χ2n) is 3.63. The fraction of sp³-hybridized carbons (Fsp3) is 0.545. The van der Waals surface area contributed by atoms with E-state index in [1.54, 1.807) is 0 Å². The van der Waals surface area contributed by atoms with Crippen molar-refractivity contribution in [2.45, 2.75) is 13.3 Å². The summed E-state index contributed by atoms with van der Waals surface area (Å²) in [5.74, 6) is 0.00158. The normalized spacial score (nSPS) is 10.3. The van der Waals surface area contributed by atoms with Gasteiger partial charge in [-0.15, -0.1) is 0 Å². The SMILES string of the molecule is CNCCCNC(=O)c1ccc(C)n1C. The fourth-order valence-corrected chi connectivity index (χ4v) is 1.40. The predicted molar refractivity (Wildman–Crippen MR) is 61.0 cm³/mol. The highest BCUT2D eigenvalue weighted by atomic mass is 16.1. The number of nitrogens with zero attached hydrogens (tertiary/aromatic N) is 1. The van der Waals surface area contributed by atoms with Crippen LogP contribution in [0, 0.1) is 6.92 Å². The van der Waals surface area contributed by atoms with Crippen LogP contribution in [0.1, 0.15) is 22.6 Å². The Labute approximate surface area is 90.7 Å². The minimum absolute atomic E-state index is 0.00158. The van der Waals surface area contributed by atoms with Gasteiger partial charge in [0.1, 0.15) is 5.69 Å². The summed E-state index contributed by atoms with van der Waals surface area (Å²) in [6.45, 7) is 3.62. The molecular weight excluding hydrogens is 190 g/mol. The molecule has 1 aromatic heterocycles. The molecule has 0 fully saturated rings. The number of aryl methyl sites for hydroxylation is 1. The highest BCUT2D eigenvalue weighted by Crippen LogP contribution is 2.05. The first-order valence-electron chi connectivity index (χ1n) is 5.22. The number of nitrogens with one attached hydrogen (secondary N) is 2. The predicted octanol–water partition coefficient (Wildman–Crippen LogP) is 0.673. The summed E-state index contributed by atoms with van der Waals surface area (Å²) < 4.78 is 1.90. The Hall–Kier alpha value is -1.29. The van der Waals surface area contributed by atoms with Crippen molar-refractivity contribution in [2.24, 2.45) is 7.05 Å². The van der Waals surface area contributed by atoms with Crippen molar-refractivity contribution in [1.82, 2.24) is 15.2 Å². The molecule has 0 bridgehead atoms. The molecule has 4 nitrogen and oxygen atoms in total. The van der Waals surface area contributed by atoms with Gasteiger partial charge in [-0.3, -0.25) is 4.79 Å². The van der Waals surface area contributed by atoms with E-state index < -0.39 is 0 Å². The highest BCUT2D eigenvalue weighted by Gasteiger charge is 2.09. The molecule has 0 aliphatic rings. The van der Waals surface area contributed by atoms with Gasteiger partial charge >= 0.3 is 0 Å². The van der Waals surface area contributed by atoms with Crippen LogP contribution in [-0.2, 0) is 7.05 Å².